The molecular weight excluding hydrogens is 254 g/mol. The summed E-state index contributed by atoms with van der Waals surface area (Å²) < 4.78 is 7.58. The van der Waals surface area contributed by atoms with E-state index in [-0.39, 0.29) is 5.91 Å². The number of nitrogens with zero attached hydrogens (tertiary/aromatic N) is 2. The summed E-state index contributed by atoms with van der Waals surface area (Å²) in [5, 5.41) is 6.96. The zero-order valence-corrected chi connectivity index (χ0v) is 12.7. The number of aromatic nitrogens is 2. The van der Waals surface area contributed by atoms with Crippen LogP contribution in [0.1, 0.15) is 48.7 Å². The number of carbonyl (C=O) groups is 1. The van der Waals surface area contributed by atoms with E-state index in [0.29, 0.717) is 30.7 Å². The highest BCUT2D eigenvalue weighted by Gasteiger charge is 2.21. The maximum Gasteiger partial charge on any atom is 0.254 e. The summed E-state index contributed by atoms with van der Waals surface area (Å²) in [7, 11) is 1.83. The van der Waals surface area contributed by atoms with Crippen molar-refractivity contribution in [2.75, 3.05) is 13.2 Å². The topological polar surface area (TPSA) is 56.1 Å². The Morgan fingerprint density at radius 1 is 1.50 bits per heavy atom. The quantitative estimate of drug-likeness (QED) is 0.839. The van der Waals surface area contributed by atoms with E-state index in [1.165, 1.54) is 19.3 Å². The predicted octanol–water partition coefficient (Wildman–Crippen LogP) is 2.05. The summed E-state index contributed by atoms with van der Waals surface area (Å²) >= 11 is 0. The second kappa shape index (κ2) is 6.88. The van der Waals surface area contributed by atoms with Gasteiger partial charge in [0, 0.05) is 19.3 Å². The Balaban J connectivity index is 1.70. The molecule has 2 rings (SSSR count). The van der Waals surface area contributed by atoms with E-state index < -0.39 is 0 Å². The molecule has 1 fully saturated rings. The van der Waals surface area contributed by atoms with Crippen molar-refractivity contribution in [3.63, 3.8) is 0 Å². The zero-order valence-electron chi connectivity index (χ0n) is 12.7. The van der Waals surface area contributed by atoms with Crippen molar-refractivity contribution in [2.45, 2.75) is 45.6 Å². The van der Waals surface area contributed by atoms with Gasteiger partial charge in [0.1, 0.15) is 0 Å². The van der Waals surface area contributed by atoms with Gasteiger partial charge in [0.05, 0.1) is 24.5 Å². The molecule has 5 nitrogen and oxygen atoms in total. The average molecular weight is 279 g/mol. The molecule has 0 bridgehead atoms. The molecule has 0 unspecified atom stereocenters. The third-order valence-corrected chi connectivity index (χ3v) is 4.23. The Morgan fingerprint density at radius 2 is 2.25 bits per heavy atom. The van der Waals surface area contributed by atoms with Gasteiger partial charge >= 0.3 is 0 Å². The highest BCUT2D eigenvalue weighted by atomic mass is 16.5. The molecule has 1 heterocycles. The van der Waals surface area contributed by atoms with Gasteiger partial charge in [-0.15, -0.1) is 0 Å². The molecule has 20 heavy (non-hydrogen) atoms. The van der Waals surface area contributed by atoms with Crippen LogP contribution in [0, 0.1) is 12.8 Å². The van der Waals surface area contributed by atoms with Crippen molar-refractivity contribution in [3.8, 4) is 0 Å². The molecule has 0 radical (unpaired) electrons. The van der Waals surface area contributed by atoms with Crippen LogP contribution in [0.25, 0.3) is 0 Å². The molecule has 1 aliphatic carbocycles. The lowest BCUT2D eigenvalue weighted by molar-refractivity contribution is -0.00294. The summed E-state index contributed by atoms with van der Waals surface area (Å²) in [6, 6.07) is 0. The lowest BCUT2D eigenvalue weighted by Gasteiger charge is -2.28. The Hall–Kier alpha value is -1.36. The molecule has 0 saturated heterocycles. The van der Waals surface area contributed by atoms with Crippen LogP contribution in [0.4, 0.5) is 0 Å². The monoisotopic (exact) mass is 279 g/mol. The first kappa shape index (κ1) is 15.0. The maximum atomic E-state index is 12.0. The number of hydrogen-bond donors (Lipinski definition) is 1. The molecule has 0 spiro atoms. The van der Waals surface area contributed by atoms with Crippen LogP contribution in [0.2, 0.25) is 0 Å². The van der Waals surface area contributed by atoms with Gasteiger partial charge in [0.15, 0.2) is 0 Å². The second-order valence-electron chi connectivity index (χ2n) is 5.69. The van der Waals surface area contributed by atoms with E-state index in [1.54, 1.807) is 10.9 Å². The molecule has 2 atom stereocenters. The highest BCUT2D eigenvalue weighted by molar-refractivity contribution is 5.94. The molecule has 112 valence electrons. The zero-order chi connectivity index (χ0) is 14.5. The van der Waals surface area contributed by atoms with Crippen LogP contribution < -0.4 is 5.32 Å². The maximum absolute atomic E-state index is 12.0. The molecular formula is C15H25N3O2. The van der Waals surface area contributed by atoms with Crippen LogP contribution in [-0.2, 0) is 11.8 Å². The number of hydrogen-bond acceptors (Lipinski definition) is 3. The molecule has 1 aliphatic rings. The van der Waals surface area contributed by atoms with Crippen LogP contribution >= 0.6 is 0 Å². The lowest BCUT2D eigenvalue weighted by Crippen LogP contribution is -2.32. The van der Waals surface area contributed by atoms with E-state index in [9.17, 15) is 4.79 Å². The largest absolute Gasteiger partial charge is 0.376 e. The minimum absolute atomic E-state index is 0.0732. The van der Waals surface area contributed by atoms with Crippen molar-refractivity contribution in [1.29, 1.82) is 0 Å². The third-order valence-electron chi connectivity index (χ3n) is 4.23. The van der Waals surface area contributed by atoms with Crippen molar-refractivity contribution in [2.24, 2.45) is 13.0 Å². The van der Waals surface area contributed by atoms with Crippen molar-refractivity contribution < 1.29 is 9.53 Å². The Labute approximate surface area is 120 Å². The molecule has 1 N–H and O–H groups in total. The molecule has 0 aliphatic heterocycles. The van der Waals surface area contributed by atoms with Gasteiger partial charge < -0.3 is 10.1 Å². The van der Waals surface area contributed by atoms with Gasteiger partial charge in [-0.2, -0.15) is 5.10 Å². The van der Waals surface area contributed by atoms with E-state index in [4.69, 9.17) is 4.74 Å². The number of rotatable bonds is 5. The summed E-state index contributed by atoms with van der Waals surface area (Å²) in [6.07, 6.45) is 6.95. The van der Waals surface area contributed by atoms with Gasteiger partial charge in [-0.25, -0.2) is 0 Å². The van der Waals surface area contributed by atoms with Gasteiger partial charge in [0.25, 0.3) is 5.91 Å². The lowest BCUT2D eigenvalue weighted by atomic mass is 9.88. The standard InChI is InChI=1S/C15H25N3O2/c1-11-6-4-5-7-14(11)20-9-8-16-15(19)13-10-17-18(3)12(13)2/h10-11,14H,4-9H2,1-3H3,(H,16,19)/t11-,14+/m1/s1. The number of amides is 1. The number of ether oxygens (including phenoxy) is 1. The molecule has 1 aromatic heterocycles. The fraction of sp³-hybridized carbons (Fsp3) is 0.733. The first-order chi connectivity index (χ1) is 9.59. The van der Waals surface area contributed by atoms with Crippen LogP contribution in [0.3, 0.4) is 0 Å². The van der Waals surface area contributed by atoms with Gasteiger partial charge in [-0.3, -0.25) is 9.48 Å². The average Bonchev–Trinajstić information content (AvgIpc) is 2.77. The van der Waals surface area contributed by atoms with Gasteiger partial charge in [-0.05, 0) is 25.7 Å². The van der Waals surface area contributed by atoms with E-state index in [1.807, 2.05) is 14.0 Å². The first-order valence-electron chi connectivity index (χ1n) is 7.48. The molecule has 1 saturated carbocycles. The summed E-state index contributed by atoms with van der Waals surface area (Å²) in [4.78, 5) is 12.0. The van der Waals surface area contributed by atoms with Crippen molar-refractivity contribution >= 4 is 5.91 Å². The molecule has 1 aromatic rings. The predicted molar refractivity (Wildman–Crippen MR) is 77.7 cm³/mol. The molecule has 0 aromatic carbocycles. The Bertz CT molecular complexity index is 456. The second-order valence-corrected chi connectivity index (χ2v) is 5.69. The van der Waals surface area contributed by atoms with Crippen molar-refractivity contribution in [3.05, 3.63) is 17.5 Å². The van der Waals surface area contributed by atoms with E-state index in [0.717, 1.165) is 12.1 Å². The Morgan fingerprint density at radius 3 is 2.90 bits per heavy atom. The van der Waals surface area contributed by atoms with Gasteiger partial charge in [-0.1, -0.05) is 19.8 Å². The number of aryl methyl sites for hydroxylation is 1. The minimum Gasteiger partial charge on any atom is -0.376 e. The smallest absolute Gasteiger partial charge is 0.254 e. The summed E-state index contributed by atoms with van der Waals surface area (Å²) in [5.41, 5.74) is 1.52. The number of carbonyl (C=O) groups excluding carboxylic acids is 1. The highest BCUT2D eigenvalue weighted by Crippen LogP contribution is 2.25. The van der Waals surface area contributed by atoms with Crippen LogP contribution in [0.15, 0.2) is 6.20 Å². The molecule has 1 amide bonds. The Kier molecular flexibility index (Phi) is 5.17. The number of nitrogens with one attached hydrogen (secondary N) is 1. The van der Waals surface area contributed by atoms with E-state index in [2.05, 4.69) is 17.3 Å². The van der Waals surface area contributed by atoms with Crippen molar-refractivity contribution in [1.82, 2.24) is 15.1 Å². The van der Waals surface area contributed by atoms with Gasteiger partial charge in [0.2, 0.25) is 0 Å². The van der Waals surface area contributed by atoms with E-state index >= 15 is 0 Å². The summed E-state index contributed by atoms with van der Waals surface area (Å²) in [5.74, 6) is 0.566. The normalized spacial score (nSPS) is 22.8. The minimum atomic E-state index is -0.0732. The first-order valence-corrected chi connectivity index (χ1v) is 7.48. The molecule has 5 heteroatoms. The SMILES string of the molecule is Cc1c(C(=O)NCCO[C@H]2CCCC[C@H]2C)cnn1C. The summed E-state index contributed by atoms with van der Waals surface area (Å²) in [6.45, 7) is 5.28. The van der Waals surface area contributed by atoms with Crippen LogP contribution in [-0.4, -0.2) is 34.9 Å². The third kappa shape index (κ3) is 3.60. The fourth-order valence-corrected chi connectivity index (χ4v) is 2.72. The fourth-order valence-electron chi connectivity index (χ4n) is 2.72. The van der Waals surface area contributed by atoms with Crippen LogP contribution in [0.5, 0.6) is 0 Å².